The number of nitrogens with one attached hydrogen (secondary N) is 2. The first kappa shape index (κ1) is 25.2. The predicted molar refractivity (Wildman–Crippen MR) is 87.1 cm³/mol. The molecule has 1 saturated heterocycles. The maximum atomic E-state index is 12.6. The summed E-state index contributed by atoms with van der Waals surface area (Å²) in [7, 11) is -17.2. The van der Waals surface area contributed by atoms with E-state index in [9.17, 15) is 38.0 Å². The fourth-order valence-electron chi connectivity index (χ4n) is 2.27. The lowest BCUT2D eigenvalue weighted by atomic mass is 10.0. The van der Waals surface area contributed by atoms with Crippen LogP contribution in [0.15, 0.2) is 15.8 Å². The quantitative estimate of drug-likeness (QED) is 0.189. The molecule has 1 aliphatic rings. The summed E-state index contributed by atoms with van der Waals surface area (Å²) in [5, 5.41) is 20.0. The Hall–Kier alpha value is -1.10. The summed E-state index contributed by atoms with van der Waals surface area (Å²) in [5.74, 6) is 0. The van der Waals surface area contributed by atoms with Crippen LogP contribution in [0.5, 0.6) is 0 Å². The molecule has 2 unspecified atom stereocenters. The number of H-pyrrole nitrogens is 2. The lowest BCUT2D eigenvalue weighted by Gasteiger charge is -2.19. The van der Waals surface area contributed by atoms with Crippen LogP contribution in [0.4, 0.5) is 4.53 Å². The molecule has 2 rings (SSSR count). The molecule has 0 radical (unpaired) electrons. The van der Waals surface area contributed by atoms with Gasteiger partial charge in [-0.15, -0.1) is 0 Å². The van der Waals surface area contributed by atoms with Gasteiger partial charge in [0.25, 0.3) is 5.56 Å². The molecule has 0 bridgehead atoms. The fraction of sp³-hybridized carbons (Fsp3) is 0.556. The van der Waals surface area contributed by atoms with Gasteiger partial charge < -0.3 is 34.6 Å². The second kappa shape index (κ2) is 9.18. The van der Waals surface area contributed by atoms with Crippen LogP contribution >= 0.6 is 23.5 Å². The van der Waals surface area contributed by atoms with E-state index in [1.807, 2.05) is 4.98 Å². The van der Waals surface area contributed by atoms with E-state index in [4.69, 9.17) is 19.4 Å². The Morgan fingerprint density at radius 3 is 2.27 bits per heavy atom. The Morgan fingerprint density at radius 1 is 1.10 bits per heavy atom. The molecule has 0 aromatic carbocycles. The molecule has 17 nitrogen and oxygen atoms in total. The van der Waals surface area contributed by atoms with Gasteiger partial charge in [-0.2, -0.15) is 8.62 Å². The van der Waals surface area contributed by atoms with Crippen molar-refractivity contribution >= 4 is 23.5 Å². The first-order chi connectivity index (χ1) is 13.7. The number of aromatic nitrogens is 2. The number of hydrogen-bond acceptors (Lipinski definition) is 12. The second-order valence-electron chi connectivity index (χ2n) is 5.54. The number of ether oxygens (including phenoxy) is 1. The highest BCUT2D eigenvalue weighted by Crippen LogP contribution is 2.68. The first-order valence-corrected chi connectivity index (χ1v) is 11.8. The molecule has 2 heterocycles. The molecule has 1 aliphatic heterocycles. The molecule has 1 aromatic heterocycles. The number of phosphoric acid groups is 3. The number of rotatable bonds is 9. The maximum Gasteiger partial charge on any atom is 0.515 e. The van der Waals surface area contributed by atoms with Crippen LogP contribution in [0, 0.1) is 0 Å². The van der Waals surface area contributed by atoms with E-state index in [2.05, 4.69) is 22.9 Å². The van der Waals surface area contributed by atoms with E-state index >= 15 is 0 Å². The Morgan fingerprint density at radius 2 is 1.73 bits per heavy atom. The van der Waals surface area contributed by atoms with Gasteiger partial charge in [0, 0.05) is 6.20 Å². The second-order valence-corrected chi connectivity index (χ2v) is 10.1. The Kier molecular flexibility index (Phi) is 7.70. The molecule has 6 atom stereocenters. The van der Waals surface area contributed by atoms with Gasteiger partial charge in [-0.3, -0.25) is 14.3 Å². The third-order valence-corrected chi connectivity index (χ3v) is 7.35. The van der Waals surface area contributed by atoms with E-state index < -0.39 is 65.7 Å². The highest BCUT2D eigenvalue weighted by atomic mass is 31.3. The molecular weight excluding hydrogens is 488 g/mol. The Labute approximate surface area is 163 Å². The first-order valence-electron chi connectivity index (χ1n) is 7.36. The lowest BCUT2D eigenvalue weighted by molar-refractivity contribution is -0.0663. The van der Waals surface area contributed by atoms with Crippen molar-refractivity contribution in [2.45, 2.75) is 24.4 Å². The molecule has 0 amide bonds. The molecule has 7 N–H and O–H groups in total. The summed E-state index contributed by atoms with van der Waals surface area (Å²) < 4.78 is 65.5. The molecule has 30 heavy (non-hydrogen) atoms. The summed E-state index contributed by atoms with van der Waals surface area (Å²) in [6, 6.07) is 0. The van der Waals surface area contributed by atoms with Crippen molar-refractivity contribution in [3.8, 4) is 0 Å². The van der Waals surface area contributed by atoms with Crippen LogP contribution < -0.4 is 11.2 Å². The summed E-state index contributed by atoms with van der Waals surface area (Å²) in [4.78, 5) is 52.7. The van der Waals surface area contributed by atoms with Crippen LogP contribution in [0.3, 0.4) is 0 Å². The van der Waals surface area contributed by atoms with Crippen molar-refractivity contribution in [1.29, 1.82) is 0 Å². The number of halogens is 1. The van der Waals surface area contributed by atoms with Gasteiger partial charge in [0.05, 0.1) is 12.2 Å². The predicted octanol–water partition coefficient (Wildman–Crippen LogP) is -1.52. The average molecular weight is 502 g/mol. The van der Waals surface area contributed by atoms with Crippen LogP contribution in [0.2, 0.25) is 0 Å². The van der Waals surface area contributed by atoms with E-state index in [1.54, 1.807) is 0 Å². The normalized spacial score (nSPS) is 28.7. The van der Waals surface area contributed by atoms with Crippen molar-refractivity contribution in [1.82, 2.24) is 9.97 Å². The fourth-order valence-corrected chi connectivity index (χ4v) is 5.40. The highest BCUT2D eigenvalue weighted by Gasteiger charge is 2.48. The standard InChI is InChI=1S/C9H14FN2O15P3/c10-25-30(22,27-29(20,21)26-28(17,18)19)23-2-4-5(13)6(14)7(24-4)3-1-11-9(16)12-8(3)15/h1,4-7,13-14H,2H2,(H,20,21)(H2,17,18,19)(H2,11,12,15,16)/t4-,5-,6-,7+,30?/m1/s1. The molecule has 0 aliphatic carbocycles. The summed E-state index contributed by atoms with van der Waals surface area (Å²) in [6.45, 7) is -1.15. The van der Waals surface area contributed by atoms with Gasteiger partial charge >= 0.3 is 29.2 Å². The minimum absolute atomic E-state index is 0.334. The van der Waals surface area contributed by atoms with Gasteiger partial charge in [-0.25, -0.2) is 18.5 Å². The zero-order chi connectivity index (χ0) is 22.9. The Balaban J connectivity index is 2.10. The van der Waals surface area contributed by atoms with E-state index in [0.29, 0.717) is 0 Å². The van der Waals surface area contributed by atoms with E-state index in [-0.39, 0.29) is 5.56 Å². The van der Waals surface area contributed by atoms with Crippen LogP contribution in [-0.2, 0) is 36.3 Å². The average Bonchev–Trinajstić information content (AvgIpc) is 2.86. The molecule has 21 heteroatoms. The van der Waals surface area contributed by atoms with Gasteiger partial charge in [0.2, 0.25) is 0 Å². The number of aromatic amines is 2. The van der Waals surface area contributed by atoms with Gasteiger partial charge in [-0.1, -0.05) is 4.73 Å². The third-order valence-electron chi connectivity index (χ3n) is 3.41. The molecule has 0 spiro atoms. The van der Waals surface area contributed by atoms with E-state index in [1.165, 1.54) is 0 Å². The van der Waals surface area contributed by atoms with Crippen LogP contribution in [-0.4, -0.2) is 59.8 Å². The van der Waals surface area contributed by atoms with Crippen molar-refractivity contribution in [2.75, 3.05) is 6.61 Å². The molecular formula is C9H14FN2O15P3. The van der Waals surface area contributed by atoms with Gasteiger partial charge in [0.15, 0.2) is 0 Å². The molecule has 1 aromatic rings. The number of hydrogen-bond donors (Lipinski definition) is 7. The van der Waals surface area contributed by atoms with Gasteiger partial charge in [-0.05, 0) is 4.53 Å². The molecule has 0 saturated carbocycles. The monoisotopic (exact) mass is 502 g/mol. The molecule has 172 valence electrons. The van der Waals surface area contributed by atoms with Crippen molar-refractivity contribution in [3.05, 3.63) is 32.6 Å². The zero-order valence-corrected chi connectivity index (χ0v) is 16.8. The number of aliphatic hydroxyl groups excluding tert-OH is 2. The van der Waals surface area contributed by atoms with Crippen LogP contribution in [0.25, 0.3) is 0 Å². The largest absolute Gasteiger partial charge is 0.515 e. The SMILES string of the molecule is O=c1[nH]cc([C@@H]2O[C@H](COP(=O)(OF)OP(=O)(O)OP(=O)(O)O)[C@@H](O)[C@H]2O)c(=O)[nH]1. The minimum atomic E-state index is -5.86. The summed E-state index contributed by atoms with van der Waals surface area (Å²) in [5.41, 5.74) is -2.19. The molecule has 1 fully saturated rings. The highest BCUT2D eigenvalue weighted by molar-refractivity contribution is 7.66. The smallest absolute Gasteiger partial charge is 0.387 e. The Bertz CT molecular complexity index is 1020. The summed E-state index contributed by atoms with van der Waals surface area (Å²) >= 11 is 0. The lowest BCUT2D eigenvalue weighted by Crippen LogP contribution is -2.34. The third kappa shape index (κ3) is 6.45. The maximum absolute atomic E-state index is 12.6. The van der Waals surface area contributed by atoms with Gasteiger partial charge in [0.1, 0.15) is 24.4 Å². The zero-order valence-electron chi connectivity index (χ0n) is 14.1. The van der Waals surface area contributed by atoms with E-state index in [0.717, 1.165) is 6.20 Å². The van der Waals surface area contributed by atoms with Crippen LogP contribution in [0.1, 0.15) is 11.7 Å². The van der Waals surface area contributed by atoms with Crippen molar-refractivity contribution in [2.24, 2.45) is 0 Å². The minimum Gasteiger partial charge on any atom is -0.387 e. The summed E-state index contributed by atoms with van der Waals surface area (Å²) in [6.07, 6.45) is -5.95. The van der Waals surface area contributed by atoms with Crippen molar-refractivity contribution in [3.63, 3.8) is 0 Å². The van der Waals surface area contributed by atoms with Crippen molar-refractivity contribution < 1.29 is 65.7 Å². The number of aliphatic hydroxyl groups is 2. The topological polar surface area (TPSA) is 264 Å².